The minimum Gasteiger partial charge on any atom is -0.463 e. The van der Waals surface area contributed by atoms with Gasteiger partial charge in [-0.2, -0.15) is 0 Å². The van der Waals surface area contributed by atoms with E-state index in [4.69, 9.17) is 23.7 Å². The van der Waals surface area contributed by atoms with Crippen LogP contribution in [-0.2, 0) is 47.7 Å². The van der Waals surface area contributed by atoms with Crippen LogP contribution in [0.2, 0.25) is 0 Å². The average Bonchev–Trinajstić information content (AvgIpc) is 3.45. The van der Waals surface area contributed by atoms with E-state index < -0.39 is 49.9 Å². The third kappa shape index (κ3) is 8.85. The van der Waals surface area contributed by atoms with Gasteiger partial charge in [0.2, 0.25) is 5.91 Å². The number of aldehydes is 1. The van der Waals surface area contributed by atoms with Crippen LogP contribution in [0.1, 0.15) is 34.6 Å². The summed E-state index contributed by atoms with van der Waals surface area (Å²) in [6.07, 6.45) is 3.58. The molecule has 11 nitrogen and oxygen atoms in total. The Morgan fingerprint density at radius 2 is 1.39 bits per heavy atom. The van der Waals surface area contributed by atoms with Gasteiger partial charge < -0.3 is 33.8 Å². The summed E-state index contributed by atoms with van der Waals surface area (Å²) in [5, 5.41) is 2.73. The zero-order chi connectivity index (χ0) is 28.7. The van der Waals surface area contributed by atoms with Crippen LogP contribution in [0.15, 0.2) is 12.2 Å². The summed E-state index contributed by atoms with van der Waals surface area (Å²) in [7, 11) is 0. The Balaban J connectivity index is 1.77. The highest BCUT2D eigenvalue weighted by Crippen LogP contribution is 2.38. The summed E-state index contributed by atoms with van der Waals surface area (Å²) in [5.74, 6) is -3.27. The van der Waals surface area contributed by atoms with E-state index in [1.54, 1.807) is 39.8 Å². The van der Waals surface area contributed by atoms with Crippen LogP contribution >= 0.6 is 31.9 Å². The van der Waals surface area contributed by atoms with E-state index in [-0.39, 0.29) is 51.6 Å². The Kier molecular flexibility index (Phi) is 11.5. The second-order valence-electron chi connectivity index (χ2n) is 10.4. The molecule has 1 saturated heterocycles. The molecule has 2 aliphatic rings. The number of ether oxygens (including phenoxy) is 5. The van der Waals surface area contributed by atoms with Gasteiger partial charge in [0.1, 0.15) is 40.2 Å². The van der Waals surface area contributed by atoms with Crippen molar-refractivity contribution >= 4 is 62.0 Å². The van der Waals surface area contributed by atoms with Crippen molar-refractivity contribution in [2.75, 3.05) is 39.6 Å². The van der Waals surface area contributed by atoms with Gasteiger partial charge in [0.15, 0.2) is 0 Å². The molecule has 1 fully saturated rings. The van der Waals surface area contributed by atoms with Crippen molar-refractivity contribution in [3.05, 3.63) is 12.2 Å². The molecule has 2 aliphatic heterocycles. The number of carbonyl (C=O) groups excluding carboxylic acids is 5. The molecular formula is C25H35Br2NO10. The van der Waals surface area contributed by atoms with Crippen molar-refractivity contribution in [2.45, 2.75) is 55.5 Å². The Morgan fingerprint density at radius 1 is 0.842 bits per heavy atom. The normalized spacial score (nSPS) is 22.6. The number of rotatable bonds is 15. The third-order valence-corrected chi connectivity index (χ3v) is 6.57. The number of alkyl halides is 2. The SMILES string of the molecule is CC(C)(Br)C(=O)OCC(C)(COC(=O)C(C)(C)Br)C(=O)OCCOCCNC(=O)[C@H]1C2C=CC(O2)[C@H]1C=O. The molecule has 4 atom stereocenters. The molecule has 0 saturated carbocycles. The first-order valence-electron chi connectivity index (χ1n) is 12.1. The largest absolute Gasteiger partial charge is 0.463 e. The molecule has 1 amide bonds. The molecule has 2 bridgehead atoms. The lowest BCUT2D eigenvalue weighted by Gasteiger charge is -2.28. The fourth-order valence-electron chi connectivity index (χ4n) is 3.61. The van der Waals surface area contributed by atoms with Crippen LogP contribution in [-0.4, -0.2) is 90.5 Å². The summed E-state index contributed by atoms with van der Waals surface area (Å²) >= 11 is 6.40. The van der Waals surface area contributed by atoms with Gasteiger partial charge in [0, 0.05) is 6.54 Å². The van der Waals surface area contributed by atoms with Gasteiger partial charge in [-0.05, 0) is 34.6 Å². The van der Waals surface area contributed by atoms with E-state index in [0.717, 1.165) is 6.29 Å². The van der Waals surface area contributed by atoms with E-state index in [1.165, 1.54) is 6.92 Å². The molecular weight excluding hydrogens is 634 g/mol. The number of nitrogens with one attached hydrogen (secondary N) is 1. The maximum absolute atomic E-state index is 12.8. The molecule has 1 N–H and O–H groups in total. The topological polar surface area (TPSA) is 144 Å². The van der Waals surface area contributed by atoms with E-state index in [2.05, 4.69) is 37.2 Å². The summed E-state index contributed by atoms with van der Waals surface area (Å²) in [4.78, 5) is 61.0. The second kappa shape index (κ2) is 13.5. The third-order valence-electron chi connectivity index (χ3n) is 5.93. The molecule has 0 aromatic carbocycles. The number of halogens is 2. The molecule has 0 aliphatic carbocycles. The summed E-state index contributed by atoms with van der Waals surface area (Å²) in [6.45, 7) is 7.40. The maximum atomic E-state index is 12.8. The fourth-order valence-corrected chi connectivity index (χ4v) is 3.84. The molecule has 2 rings (SSSR count). The van der Waals surface area contributed by atoms with Crippen molar-refractivity contribution in [1.29, 1.82) is 0 Å². The predicted octanol–water partition coefficient (Wildman–Crippen LogP) is 1.87. The monoisotopic (exact) mass is 667 g/mol. The van der Waals surface area contributed by atoms with Crippen LogP contribution in [0, 0.1) is 17.3 Å². The molecule has 2 unspecified atom stereocenters. The van der Waals surface area contributed by atoms with E-state index in [1.807, 2.05) is 0 Å². The highest BCUT2D eigenvalue weighted by Gasteiger charge is 2.49. The van der Waals surface area contributed by atoms with Gasteiger partial charge in [-0.25, -0.2) is 0 Å². The number of fused-ring (bicyclic) bond motifs is 2. The highest BCUT2D eigenvalue weighted by molar-refractivity contribution is 9.10. The maximum Gasteiger partial charge on any atom is 0.322 e. The van der Waals surface area contributed by atoms with Crippen molar-refractivity contribution < 1.29 is 47.7 Å². The minimum absolute atomic E-state index is 0.0388. The highest BCUT2D eigenvalue weighted by atomic mass is 79.9. The van der Waals surface area contributed by atoms with E-state index >= 15 is 0 Å². The predicted molar refractivity (Wildman–Crippen MR) is 142 cm³/mol. The van der Waals surface area contributed by atoms with Gasteiger partial charge in [-0.3, -0.25) is 19.2 Å². The van der Waals surface area contributed by atoms with Gasteiger partial charge in [0.05, 0.1) is 37.3 Å². The first kappa shape index (κ1) is 32.4. The Bertz CT molecular complexity index is 894. The fraction of sp³-hybridized carbons (Fsp3) is 0.720. The van der Waals surface area contributed by atoms with Crippen LogP contribution < -0.4 is 5.32 Å². The van der Waals surface area contributed by atoms with Crippen LogP contribution in [0.5, 0.6) is 0 Å². The number of hydrogen-bond acceptors (Lipinski definition) is 10. The average molecular weight is 669 g/mol. The first-order chi connectivity index (χ1) is 17.6. The summed E-state index contributed by atoms with van der Waals surface area (Å²) in [5.41, 5.74) is -1.46. The molecule has 214 valence electrons. The zero-order valence-electron chi connectivity index (χ0n) is 22.1. The Morgan fingerprint density at radius 3 is 1.92 bits per heavy atom. The molecule has 38 heavy (non-hydrogen) atoms. The molecule has 0 aromatic heterocycles. The molecule has 2 heterocycles. The number of amides is 1. The lowest BCUT2D eigenvalue weighted by atomic mass is 9.83. The lowest BCUT2D eigenvalue weighted by Crippen LogP contribution is -2.43. The number of esters is 3. The van der Waals surface area contributed by atoms with Crippen LogP contribution in [0.25, 0.3) is 0 Å². The van der Waals surface area contributed by atoms with Gasteiger partial charge in [-0.1, -0.05) is 44.0 Å². The van der Waals surface area contributed by atoms with Crippen molar-refractivity contribution in [3.63, 3.8) is 0 Å². The van der Waals surface area contributed by atoms with Crippen LogP contribution in [0.3, 0.4) is 0 Å². The van der Waals surface area contributed by atoms with Gasteiger partial charge >= 0.3 is 17.9 Å². The first-order valence-corrected chi connectivity index (χ1v) is 13.7. The second-order valence-corrected chi connectivity index (χ2v) is 14.4. The van der Waals surface area contributed by atoms with E-state index in [0.29, 0.717) is 0 Å². The van der Waals surface area contributed by atoms with E-state index in [9.17, 15) is 24.0 Å². The number of hydrogen-bond donors (Lipinski definition) is 1. The Hall–Kier alpha value is -1.83. The minimum atomic E-state index is -1.46. The van der Waals surface area contributed by atoms with Gasteiger partial charge in [-0.15, -0.1) is 0 Å². The molecule has 0 spiro atoms. The summed E-state index contributed by atoms with van der Waals surface area (Å²) in [6, 6.07) is 0. The zero-order valence-corrected chi connectivity index (χ0v) is 25.3. The van der Waals surface area contributed by atoms with Gasteiger partial charge in [0.25, 0.3) is 0 Å². The smallest absolute Gasteiger partial charge is 0.322 e. The standard InChI is InChI=1S/C25H35Br2NO10/c1-23(2,26)20(31)36-13-25(5,14-37-21(32)24(3,4)27)22(33)35-11-10-34-9-8-28-19(30)18-15(12-29)16-6-7-17(18)38-16/h6-7,12,15-18H,8-11,13-14H2,1-5H3,(H,28,30)/t15-,16?,17?,18-/m1/s1. The lowest BCUT2D eigenvalue weighted by molar-refractivity contribution is -0.172. The molecule has 0 aromatic rings. The quantitative estimate of drug-likeness (QED) is 0.0686. The molecule has 0 radical (unpaired) electrons. The van der Waals surface area contributed by atoms with Crippen molar-refractivity contribution in [1.82, 2.24) is 5.32 Å². The van der Waals surface area contributed by atoms with Crippen molar-refractivity contribution in [2.24, 2.45) is 17.3 Å². The Labute approximate surface area is 238 Å². The molecule has 13 heteroatoms. The number of carbonyl (C=O) groups is 5. The van der Waals surface area contributed by atoms with Crippen LogP contribution in [0.4, 0.5) is 0 Å². The summed E-state index contributed by atoms with van der Waals surface area (Å²) < 4.78 is 24.9. The van der Waals surface area contributed by atoms with Crippen molar-refractivity contribution in [3.8, 4) is 0 Å².